The number of Topliss-reactive ketones (excluding diaryl/α,β-unsaturated/α-hetero) is 1. The molecular weight excluding hydrogens is 419 g/mol. The minimum absolute atomic E-state index is 0.00340. The van der Waals surface area contributed by atoms with Gasteiger partial charge in [0.1, 0.15) is 0 Å². The molecule has 170 valence electrons. The zero-order chi connectivity index (χ0) is 22.9. The maximum absolute atomic E-state index is 13.0. The molecule has 2 aromatic carbocycles. The van der Waals surface area contributed by atoms with Crippen molar-refractivity contribution in [2.45, 2.75) is 25.9 Å². The summed E-state index contributed by atoms with van der Waals surface area (Å²) in [5.41, 5.74) is 2.44. The van der Waals surface area contributed by atoms with Gasteiger partial charge in [0.05, 0.1) is 12.1 Å². The average Bonchev–Trinajstić information content (AvgIpc) is 2.78. The van der Waals surface area contributed by atoms with Crippen molar-refractivity contribution in [2.24, 2.45) is 0 Å². The number of alkyl halides is 3. The molecule has 2 aliphatic heterocycles. The van der Waals surface area contributed by atoms with Crippen LogP contribution < -0.4 is 9.80 Å². The lowest BCUT2D eigenvalue weighted by atomic mass is 9.97. The van der Waals surface area contributed by atoms with Crippen molar-refractivity contribution >= 4 is 23.1 Å². The Morgan fingerprint density at radius 1 is 0.969 bits per heavy atom. The van der Waals surface area contributed by atoms with Crippen LogP contribution in [0.4, 0.5) is 24.5 Å². The normalized spacial score (nSPS) is 17.2. The molecule has 1 fully saturated rings. The van der Waals surface area contributed by atoms with Gasteiger partial charge in [-0.3, -0.25) is 14.5 Å². The lowest BCUT2D eigenvalue weighted by Gasteiger charge is -2.36. The van der Waals surface area contributed by atoms with Crippen LogP contribution in [-0.2, 0) is 17.4 Å². The quantitative estimate of drug-likeness (QED) is 0.668. The zero-order valence-corrected chi connectivity index (χ0v) is 18.0. The summed E-state index contributed by atoms with van der Waals surface area (Å²) in [5.74, 6) is 0.0175. The van der Waals surface area contributed by atoms with Crippen LogP contribution in [0.25, 0.3) is 0 Å². The predicted octanol–water partition coefficient (Wildman–Crippen LogP) is 4.01. The zero-order valence-electron chi connectivity index (χ0n) is 18.0. The van der Waals surface area contributed by atoms with Gasteiger partial charge in [0.25, 0.3) is 0 Å². The first-order valence-electron chi connectivity index (χ1n) is 10.8. The maximum Gasteiger partial charge on any atom is 0.416 e. The van der Waals surface area contributed by atoms with Crippen LogP contribution in [0, 0.1) is 0 Å². The Balaban J connectivity index is 1.37. The van der Waals surface area contributed by atoms with E-state index in [-0.39, 0.29) is 18.2 Å². The first-order chi connectivity index (χ1) is 15.2. The van der Waals surface area contributed by atoms with Crippen molar-refractivity contribution in [3.8, 4) is 0 Å². The summed E-state index contributed by atoms with van der Waals surface area (Å²) in [6.45, 7) is 4.85. The largest absolute Gasteiger partial charge is 0.416 e. The molecule has 4 rings (SSSR count). The van der Waals surface area contributed by atoms with Gasteiger partial charge in [-0.05, 0) is 54.8 Å². The van der Waals surface area contributed by atoms with E-state index in [1.165, 1.54) is 12.1 Å². The lowest BCUT2D eigenvalue weighted by molar-refractivity contribution is -0.137. The van der Waals surface area contributed by atoms with E-state index >= 15 is 0 Å². The minimum Gasteiger partial charge on any atom is -0.369 e. The van der Waals surface area contributed by atoms with Gasteiger partial charge < -0.3 is 9.80 Å². The van der Waals surface area contributed by atoms with Crippen molar-refractivity contribution in [2.75, 3.05) is 49.1 Å². The number of hydrogen-bond donors (Lipinski definition) is 0. The molecule has 1 amide bonds. The van der Waals surface area contributed by atoms with Gasteiger partial charge in [0.15, 0.2) is 5.78 Å². The van der Waals surface area contributed by atoms with Crippen LogP contribution >= 0.6 is 0 Å². The van der Waals surface area contributed by atoms with Crippen LogP contribution in [0.3, 0.4) is 0 Å². The number of rotatable bonds is 4. The van der Waals surface area contributed by atoms with E-state index in [0.717, 1.165) is 30.2 Å². The fraction of sp³-hybridized carbons (Fsp3) is 0.417. The second-order valence-corrected chi connectivity index (χ2v) is 8.35. The van der Waals surface area contributed by atoms with Crippen molar-refractivity contribution in [3.63, 3.8) is 0 Å². The SMILES string of the molecule is CC(=O)N1CCCc2cc(C(=O)CN3CCN(c4cccc(C(F)(F)F)c4)CC3)ccc21. The Bertz CT molecular complexity index is 1010. The standard InChI is InChI=1S/C24H26F3N3O2/c1-17(31)30-9-3-4-18-14-19(7-8-22(18)30)23(32)16-28-10-12-29(13-11-28)21-6-2-5-20(15-21)24(25,26)27/h2,5-8,14-15H,3-4,9-13,16H2,1H3. The van der Waals surface area contributed by atoms with Crippen molar-refractivity contribution in [1.29, 1.82) is 0 Å². The Morgan fingerprint density at radius 2 is 1.72 bits per heavy atom. The molecular formula is C24H26F3N3O2. The van der Waals surface area contributed by atoms with Crippen molar-refractivity contribution < 1.29 is 22.8 Å². The number of amides is 1. The second-order valence-electron chi connectivity index (χ2n) is 8.35. The first-order valence-corrected chi connectivity index (χ1v) is 10.8. The number of ketones is 1. The molecule has 5 nitrogen and oxygen atoms in total. The van der Waals surface area contributed by atoms with Gasteiger partial charge >= 0.3 is 6.18 Å². The molecule has 0 unspecified atom stereocenters. The summed E-state index contributed by atoms with van der Waals surface area (Å²) >= 11 is 0. The molecule has 0 atom stereocenters. The first kappa shape index (κ1) is 22.3. The summed E-state index contributed by atoms with van der Waals surface area (Å²) in [4.78, 5) is 30.4. The number of nitrogens with zero attached hydrogens (tertiary/aromatic N) is 3. The number of aryl methyl sites for hydroxylation is 1. The third-order valence-electron chi connectivity index (χ3n) is 6.18. The van der Waals surface area contributed by atoms with E-state index in [4.69, 9.17) is 0 Å². The van der Waals surface area contributed by atoms with Gasteiger partial charge in [-0.2, -0.15) is 13.2 Å². The van der Waals surface area contributed by atoms with E-state index in [0.29, 0.717) is 44.0 Å². The van der Waals surface area contributed by atoms with Gasteiger partial charge in [-0.25, -0.2) is 0 Å². The Hall–Kier alpha value is -2.87. The molecule has 2 aromatic rings. The van der Waals surface area contributed by atoms with Gasteiger partial charge in [-0.1, -0.05) is 6.07 Å². The molecule has 32 heavy (non-hydrogen) atoms. The highest BCUT2D eigenvalue weighted by Gasteiger charge is 2.31. The highest BCUT2D eigenvalue weighted by Crippen LogP contribution is 2.32. The monoisotopic (exact) mass is 445 g/mol. The van der Waals surface area contributed by atoms with E-state index in [9.17, 15) is 22.8 Å². The molecule has 0 N–H and O–H groups in total. The number of piperazine rings is 1. The second kappa shape index (κ2) is 8.94. The number of halogens is 3. The molecule has 0 saturated carbocycles. The molecule has 0 radical (unpaired) electrons. The molecule has 0 spiro atoms. The molecule has 0 aromatic heterocycles. The van der Waals surface area contributed by atoms with E-state index in [2.05, 4.69) is 0 Å². The Labute approximate surface area is 185 Å². The summed E-state index contributed by atoms with van der Waals surface area (Å²) in [6.07, 6.45) is -2.64. The number of benzene rings is 2. The van der Waals surface area contributed by atoms with Crippen LogP contribution in [0.1, 0.15) is 34.8 Å². The molecule has 8 heteroatoms. The Morgan fingerprint density at radius 3 is 2.41 bits per heavy atom. The highest BCUT2D eigenvalue weighted by molar-refractivity contribution is 5.99. The number of carbonyl (C=O) groups excluding carboxylic acids is 2. The van der Waals surface area contributed by atoms with Crippen molar-refractivity contribution in [3.05, 3.63) is 59.2 Å². The lowest BCUT2D eigenvalue weighted by Crippen LogP contribution is -2.48. The number of fused-ring (bicyclic) bond motifs is 1. The Kier molecular flexibility index (Phi) is 6.24. The summed E-state index contributed by atoms with van der Waals surface area (Å²) in [5, 5.41) is 0. The fourth-order valence-electron chi connectivity index (χ4n) is 4.44. The number of carbonyl (C=O) groups is 2. The van der Waals surface area contributed by atoms with E-state index < -0.39 is 11.7 Å². The topological polar surface area (TPSA) is 43.9 Å². The summed E-state index contributed by atoms with van der Waals surface area (Å²) < 4.78 is 39.0. The van der Waals surface area contributed by atoms with E-state index in [1.54, 1.807) is 24.0 Å². The van der Waals surface area contributed by atoms with Gasteiger partial charge in [0.2, 0.25) is 5.91 Å². The molecule has 2 aliphatic rings. The van der Waals surface area contributed by atoms with Crippen LogP contribution in [0.2, 0.25) is 0 Å². The van der Waals surface area contributed by atoms with Gasteiger partial charge in [-0.15, -0.1) is 0 Å². The molecule has 0 bridgehead atoms. The number of anilines is 2. The van der Waals surface area contributed by atoms with Gasteiger partial charge in [0, 0.05) is 56.6 Å². The maximum atomic E-state index is 13.0. The third kappa shape index (κ3) is 4.80. The summed E-state index contributed by atoms with van der Waals surface area (Å²) in [7, 11) is 0. The van der Waals surface area contributed by atoms with Crippen LogP contribution in [0.5, 0.6) is 0 Å². The number of hydrogen-bond acceptors (Lipinski definition) is 4. The minimum atomic E-state index is -4.36. The molecule has 2 heterocycles. The van der Waals surface area contributed by atoms with E-state index in [1.807, 2.05) is 21.9 Å². The van der Waals surface area contributed by atoms with Crippen LogP contribution in [0.15, 0.2) is 42.5 Å². The smallest absolute Gasteiger partial charge is 0.369 e. The average molecular weight is 445 g/mol. The molecule has 1 saturated heterocycles. The highest BCUT2D eigenvalue weighted by atomic mass is 19.4. The van der Waals surface area contributed by atoms with Crippen molar-refractivity contribution in [1.82, 2.24) is 4.90 Å². The fourth-order valence-corrected chi connectivity index (χ4v) is 4.44. The third-order valence-corrected chi connectivity index (χ3v) is 6.18. The predicted molar refractivity (Wildman–Crippen MR) is 117 cm³/mol. The summed E-state index contributed by atoms with van der Waals surface area (Å²) in [6, 6.07) is 10.9. The molecule has 0 aliphatic carbocycles. The van der Waals surface area contributed by atoms with Crippen LogP contribution in [-0.4, -0.2) is 55.9 Å².